The smallest absolute Gasteiger partial charge is 0.165 e. The van der Waals surface area contributed by atoms with Gasteiger partial charge in [0.25, 0.3) is 0 Å². The molecule has 0 saturated heterocycles. The largest absolute Gasteiger partial charge is 0.392 e. The van der Waals surface area contributed by atoms with Crippen molar-refractivity contribution < 1.29 is 30.3 Å². The highest BCUT2D eigenvalue weighted by Gasteiger charge is 2.39. The molecule has 0 aromatic rings. The summed E-state index contributed by atoms with van der Waals surface area (Å²) in [5.74, 6) is 0. The number of carbonyl (C=O) groups is 1. The summed E-state index contributed by atoms with van der Waals surface area (Å²) < 4.78 is 0. The molecule has 4 atom stereocenters. The fourth-order valence-electron chi connectivity index (χ4n) is 0.656. The van der Waals surface area contributed by atoms with Crippen LogP contribution < -0.4 is 5.73 Å². The first kappa shape index (κ1) is 12.4. The van der Waals surface area contributed by atoms with Crippen molar-refractivity contribution in [3.8, 4) is 0 Å². The Morgan fingerprint density at radius 3 is 2.15 bits per heavy atom. The summed E-state index contributed by atoms with van der Waals surface area (Å²) in [6.07, 6.45) is -5.85. The molecule has 0 saturated carbocycles. The van der Waals surface area contributed by atoms with E-state index in [1.165, 1.54) is 0 Å². The third kappa shape index (κ3) is 2.99. The van der Waals surface area contributed by atoms with Crippen molar-refractivity contribution in [3.05, 3.63) is 0 Å². The lowest BCUT2D eigenvalue weighted by Gasteiger charge is -2.30. The topological polar surface area (TPSA) is 144 Å². The van der Waals surface area contributed by atoms with Crippen LogP contribution in [0.3, 0.4) is 0 Å². The van der Waals surface area contributed by atoms with Gasteiger partial charge in [-0.25, -0.2) is 0 Å². The van der Waals surface area contributed by atoms with Crippen LogP contribution in [-0.2, 0) is 4.79 Å². The fraction of sp³-hybridized carbons (Fsp3) is 0.833. The normalized spacial score (nSPS) is 22.9. The molecule has 0 aliphatic rings. The maximum Gasteiger partial charge on any atom is 0.165 e. The van der Waals surface area contributed by atoms with E-state index in [1.807, 2.05) is 0 Å². The average molecular weight is 195 g/mol. The van der Waals surface area contributed by atoms with E-state index in [1.54, 1.807) is 0 Å². The van der Waals surface area contributed by atoms with Gasteiger partial charge >= 0.3 is 0 Å². The highest BCUT2D eigenvalue weighted by molar-refractivity contribution is 5.56. The van der Waals surface area contributed by atoms with E-state index in [2.05, 4.69) is 0 Å². The number of aliphatic hydroxyl groups is 5. The highest BCUT2D eigenvalue weighted by Crippen LogP contribution is 2.09. The molecule has 0 fully saturated rings. The third-order valence-corrected chi connectivity index (χ3v) is 1.58. The molecular weight excluding hydrogens is 182 g/mol. The first-order valence-corrected chi connectivity index (χ1v) is 3.48. The Morgan fingerprint density at radius 2 is 1.85 bits per heavy atom. The van der Waals surface area contributed by atoms with Crippen molar-refractivity contribution in [2.24, 2.45) is 5.73 Å². The Kier molecular flexibility index (Phi) is 4.40. The van der Waals surface area contributed by atoms with Crippen molar-refractivity contribution in [1.29, 1.82) is 0 Å². The Morgan fingerprint density at radius 1 is 1.38 bits per heavy atom. The molecule has 0 amide bonds. The van der Waals surface area contributed by atoms with Crippen molar-refractivity contribution in [2.75, 3.05) is 6.61 Å². The number of aliphatic hydroxyl groups excluding tert-OH is 4. The molecule has 7 heteroatoms. The number of rotatable bonds is 5. The molecule has 0 rings (SSSR count). The van der Waals surface area contributed by atoms with E-state index in [4.69, 9.17) is 31.3 Å². The van der Waals surface area contributed by atoms with Crippen LogP contribution >= 0.6 is 0 Å². The summed E-state index contributed by atoms with van der Waals surface area (Å²) in [4.78, 5) is 9.96. The van der Waals surface area contributed by atoms with Gasteiger partial charge in [0.15, 0.2) is 12.0 Å². The molecule has 0 aromatic carbocycles. The van der Waals surface area contributed by atoms with Crippen LogP contribution in [0.1, 0.15) is 0 Å². The zero-order chi connectivity index (χ0) is 10.6. The molecule has 0 heterocycles. The lowest BCUT2D eigenvalue weighted by atomic mass is 9.99. The molecule has 7 N–H and O–H groups in total. The van der Waals surface area contributed by atoms with Crippen molar-refractivity contribution in [2.45, 2.75) is 24.0 Å². The van der Waals surface area contributed by atoms with Gasteiger partial charge < -0.3 is 30.3 Å². The van der Waals surface area contributed by atoms with Gasteiger partial charge in [-0.05, 0) is 0 Å². The predicted octanol–water partition coefficient (Wildman–Crippen LogP) is -4.09. The van der Waals surface area contributed by atoms with Crippen molar-refractivity contribution >= 4 is 6.29 Å². The minimum absolute atomic E-state index is 0.0264. The maximum absolute atomic E-state index is 9.96. The Hall–Kier alpha value is -0.570. The molecule has 0 aliphatic carbocycles. The Labute approximate surface area is 74.0 Å². The van der Waals surface area contributed by atoms with Crippen molar-refractivity contribution in [1.82, 2.24) is 0 Å². The standard InChI is InChI=1S/C6H13NO6/c7-6(13,2-9)5(12)4(11)3(10)1-8/h1,3-5,9-13H,2,7H2/t3-,4+,5-,6+/m0/s1. The Balaban J connectivity index is 4.40. The minimum Gasteiger partial charge on any atom is -0.392 e. The first-order valence-electron chi connectivity index (χ1n) is 3.48. The van der Waals surface area contributed by atoms with Gasteiger partial charge in [0.05, 0.1) is 6.61 Å². The summed E-state index contributed by atoms with van der Waals surface area (Å²) >= 11 is 0. The van der Waals surface area contributed by atoms with Crippen LogP contribution in [-0.4, -0.2) is 62.5 Å². The summed E-state index contributed by atoms with van der Waals surface area (Å²) in [5.41, 5.74) is 2.47. The third-order valence-electron chi connectivity index (χ3n) is 1.58. The number of aldehydes is 1. The van der Waals surface area contributed by atoms with Gasteiger partial charge in [-0.15, -0.1) is 0 Å². The molecule has 13 heavy (non-hydrogen) atoms. The SMILES string of the molecule is N[C@@](O)(CO)[C@@H](O)[C@H](O)[C@@H](O)C=O. The second-order valence-electron chi connectivity index (χ2n) is 2.71. The van der Waals surface area contributed by atoms with E-state index in [9.17, 15) is 4.79 Å². The van der Waals surface area contributed by atoms with E-state index in [0.717, 1.165) is 0 Å². The van der Waals surface area contributed by atoms with Crippen LogP contribution in [0.2, 0.25) is 0 Å². The lowest BCUT2D eigenvalue weighted by molar-refractivity contribution is -0.166. The van der Waals surface area contributed by atoms with Gasteiger partial charge in [0.1, 0.15) is 18.3 Å². The Bertz CT molecular complexity index is 173. The van der Waals surface area contributed by atoms with Gasteiger partial charge in [-0.1, -0.05) is 0 Å². The van der Waals surface area contributed by atoms with E-state index < -0.39 is 30.6 Å². The minimum atomic E-state index is -2.45. The van der Waals surface area contributed by atoms with Gasteiger partial charge in [-0.3, -0.25) is 5.73 Å². The van der Waals surface area contributed by atoms with Gasteiger partial charge in [-0.2, -0.15) is 0 Å². The predicted molar refractivity (Wildman–Crippen MR) is 40.3 cm³/mol. The number of nitrogens with two attached hydrogens (primary N) is 1. The van der Waals surface area contributed by atoms with E-state index >= 15 is 0 Å². The summed E-state index contributed by atoms with van der Waals surface area (Å²) in [6, 6.07) is 0. The summed E-state index contributed by atoms with van der Waals surface area (Å²) in [6.45, 7) is -1.02. The maximum atomic E-state index is 9.96. The second kappa shape index (κ2) is 4.61. The monoisotopic (exact) mass is 195 g/mol. The van der Waals surface area contributed by atoms with Gasteiger partial charge in [0, 0.05) is 0 Å². The van der Waals surface area contributed by atoms with Crippen LogP contribution in [0.4, 0.5) is 0 Å². The number of hydrogen-bond donors (Lipinski definition) is 6. The second-order valence-corrected chi connectivity index (χ2v) is 2.71. The molecule has 0 bridgehead atoms. The fourth-order valence-corrected chi connectivity index (χ4v) is 0.656. The van der Waals surface area contributed by atoms with Crippen molar-refractivity contribution in [3.63, 3.8) is 0 Å². The lowest BCUT2D eigenvalue weighted by Crippen LogP contribution is -2.60. The van der Waals surface area contributed by atoms with Gasteiger partial charge in [0.2, 0.25) is 0 Å². The molecule has 0 radical (unpaired) electrons. The zero-order valence-corrected chi connectivity index (χ0v) is 6.74. The quantitative estimate of drug-likeness (QED) is 0.193. The van der Waals surface area contributed by atoms with Crippen LogP contribution in [0, 0.1) is 0 Å². The first-order chi connectivity index (χ1) is 5.86. The van der Waals surface area contributed by atoms with E-state index in [0.29, 0.717) is 0 Å². The van der Waals surface area contributed by atoms with Crippen LogP contribution in [0.25, 0.3) is 0 Å². The summed E-state index contributed by atoms with van der Waals surface area (Å²) in [5, 5.41) is 44.2. The molecule has 0 aliphatic heterocycles. The molecule has 7 nitrogen and oxygen atoms in total. The highest BCUT2D eigenvalue weighted by atomic mass is 16.4. The van der Waals surface area contributed by atoms with Crippen LogP contribution in [0.5, 0.6) is 0 Å². The molecule has 0 unspecified atom stereocenters. The average Bonchev–Trinajstić information content (AvgIpc) is 2.14. The number of carbonyl (C=O) groups excluding carboxylic acids is 1. The zero-order valence-electron chi connectivity index (χ0n) is 6.74. The molecular formula is C6H13NO6. The molecule has 0 spiro atoms. The van der Waals surface area contributed by atoms with E-state index in [-0.39, 0.29) is 6.29 Å². The van der Waals surface area contributed by atoms with Crippen LogP contribution in [0.15, 0.2) is 0 Å². The molecule has 78 valence electrons. The number of hydrogen-bond acceptors (Lipinski definition) is 7. The molecule has 0 aromatic heterocycles. The summed E-state index contributed by atoms with van der Waals surface area (Å²) in [7, 11) is 0.